The van der Waals surface area contributed by atoms with Gasteiger partial charge in [-0.3, -0.25) is 57.5 Å². The van der Waals surface area contributed by atoms with Crippen molar-refractivity contribution < 1.29 is 132 Å². The SMILES string of the molecule is O=C(CCCCB1OCCO1)CCN(CCNC(=O)CCN(CCC(=O)NCCN(CCC(=O)CCCNB1OCCO1)CCC(=O)NCCNB1OCCO1)CCN(CCC(=O)NCCN(CCC(=O)NCCCB1OCCO1)CCC(=O)NCCNB1OCCO1)CCC(=O)NCCN(CCC(=O)NCCCB1OCCO1)CCC(=O)NCCNB1OCCO1)CCC(=O)NCCNB1OCCO1. The van der Waals surface area contributed by atoms with Gasteiger partial charge >= 0.3 is 57.6 Å². The molecule has 8 heterocycles. The molecule has 8 rings (SSSR count). The minimum absolute atomic E-state index is 0.0138. The largest absolute Gasteiger partial charge is 0.554 e. The predicted molar refractivity (Wildman–Crippen MR) is 522 cm³/mol. The lowest BCUT2D eigenvalue weighted by Crippen LogP contribution is -2.43. The van der Waals surface area contributed by atoms with Crippen molar-refractivity contribution >= 4 is 128 Å². The number of hydrogen-bond acceptors (Lipinski definition) is 39. The monoisotopic (exact) mass is 1980 g/mol. The number of unbranched alkanes of at least 4 members (excludes halogenated alkanes) is 1. The van der Waals surface area contributed by atoms with Crippen LogP contribution < -0.4 is 79.3 Å². The number of rotatable bonds is 85. The van der Waals surface area contributed by atoms with Gasteiger partial charge in [0.15, 0.2) is 0 Å². The van der Waals surface area contributed by atoms with E-state index in [1.807, 2.05) is 29.4 Å². The number of nitrogens with zero attached hydrogens (tertiary/aromatic N) is 6. The molecule has 10 amide bonds. The van der Waals surface area contributed by atoms with Crippen molar-refractivity contribution in [2.45, 2.75) is 141 Å². The van der Waals surface area contributed by atoms with Gasteiger partial charge in [0.05, 0.1) is 106 Å². The van der Waals surface area contributed by atoms with E-state index in [2.05, 4.69) is 79.3 Å². The van der Waals surface area contributed by atoms with Gasteiger partial charge in [-0.2, -0.15) is 0 Å². The third-order valence-electron chi connectivity index (χ3n) is 23.9. The van der Waals surface area contributed by atoms with Crippen LogP contribution in [0.15, 0.2) is 0 Å². The molecule has 8 aliphatic rings. The van der Waals surface area contributed by atoms with E-state index >= 15 is 0 Å². The van der Waals surface area contributed by atoms with Crippen LogP contribution in [0.3, 0.4) is 0 Å². The van der Waals surface area contributed by atoms with E-state index < -0.39 is 36.3 Å². The summed E-state index contributed by atoms with van der Waals surface area (Å²) in [6, 6.07) is 0. The van der Waals surface area contributed by atoms with Crippen molar-refractivity contribution in [1.82, 2.24) is 109 Å². The fourth-order valence-corrected chi connectivity index (χ4v) is 15.8. The van der Waals surface area contributed by atoms with Crippen LogP contribution >= 0.6 is 0 Å². The second-order valence-electron chi connectivity index (χ2n) is 34.9. The number of carbonyl (C=O) groups is 12. The second-order valence-corrected chi connectivity index (χ2v) is 34.9. The van der Waals surface area contributed by atoms with Crippen LogP contribution in [-0.2, 0) is 132 Å². The molecule has 8 aliphatic heterocycles. The average molecular weight is 1980 g/mol. The molecule has 0 spiro atoms. The summed E-state index contributed by atoms with van der Waals surface area (Å²) in [6.07, 6.45) is 7.08. The summed E-state index contributed by atoms with van der Waals surface area (Å²) >= 11 is 0. The molecule has 0 saturated carbocycles. The Morgan fingerprint density at radius 2 is 0.350 bits per heavy atom. The van der Waals surface area contributed by atoms with Crippen LogP contribution in [-0.4, -0.2) is 479 Å². The Bertz CT molecular complexity index is 2880. The van der Waals surface area contributed by atoms with Gasteiger partial charge in [0.2, 0.25) is 59.1 Å². The first-order chi connectivity index (χ1) is 68.4. The Morgan fingerprint density at radius 3 is 0.593 bits per heavy atom. The number of hydrogen-bond donors (Lipinski definition) is 15. The molecule has 140 heavy (non-hydrogen) atoms. The first-order valence-electron chi connectivity index (χ1n) is 51.0. The number of ketones is 2. The summed E-state index contributed by atoms with van der Waals surface area (Å²) in [5.41, 5.74) is 0. The van der Waals surface area contributed by atoms with Gasteiger partial charge in [0, 0.05) is 299 Å². The maximum atomic E-state index is 14.2. The van der Waals surface area contributed by atoms with Crippen molar-refractivity contribution in [2.75, 3.05) is 322 Å². The average Bonchev–Trinajstić information content (AvgIpc) is 1.71. The Morgan fingerprint density at radius 1 is 0.164 bits per heavy atom. The van der Waals surface area contributed by atoms with E-state index in [1.54, 1.807) is 0 Å². The highest BCUT2D eigenvalue weighted by Crippen LogP contribution is 2.15. The fourth-order valence-electron chi connectivity index (χ4n) is 15.8. The molecular weight excluding hydrogens is 1830 g/mol. The molecule has 786 valence electrons. The van der Waals surface area contributed by atoms with Crippen LogP contribution in [0.25, 0.3) is 0 Å². The first-order valence-corrected chi connectivity index (χ1v) is 51.0. The molecular formula is C83H157B8N21O28. The zero-order valence-corrected chi connectivity index (χ0v) is 82.4. The van der Waals surface area contributed by atoms with E-state index in [4.69, 9.17) is 74.5 Å². The molecule has 0 atom stereocenters. The van der Waals surface area contributed by atoms with E-state index in [-0.39, 0.29) is 248 Å². The summed E-state index contributed by atoms with van der Waals surface area (Å²) in [4.78, 5) is 174. The van der Waals surface area contributed by atoms with Crippen LogP contribution in [0, 0.1) is 0 Å². The Balaban J connectivity index is 0.932. The molecule has 0 aromatic carbocycles. The molecule has 0 unspecified atom stereocenters. The number of nitrogens with one attached hydrogen (secondary N) is 15. The summed E-state index contributed by atoms with van der Waals surface area (Å²) in [5, 5.41) is 45.2. The van der Waals surface area contributed by atoms with Crippen LogP contribution in [0.5, 0.6) is 0 Å². The lowest BCUT2D eigenvalue weighted by atomic mass is 9.82. The first kappa shape index (κ1) is 119. The van der Waals surface area contributed by atoms with Gasteiger partial charge in [-0.25, -0.2) is 0 Å². The van der Waals surface area contributed by atoms with Gasteiger partial charge in [-0.05, 0) is 51.2 Å². The predicted octanol–water partition coefficient (Wildman–Crippen LogP) is -7.78. The van der Waals surface area contributed by atoms with Crippen molar-refractivity contribution in [3.05, 3.63) is 0 Å². The van der Waals surface area contributed by atoms with Gasteiger partial charge < -0.3 is 183 Å². The van der Waals surface area contributed by atoms with Crippen molar-refractivity contribution in [1.29, 1.82) is 0 Å². The lowest BCUT2D eigenvalue weighted by Gasteiger charge is -2.28. The van der Waals surface area contributed by atoms with Crippen molar-refractivity contribution in [3.63, 3.8) is 0 Å². The third kappa shape index (κ3) is 59.2. The molecule has 0 aromatic rings. The molecule has 49 nitrogen and oxygen atoms in total. The highest BCUT2D eigenvalue weighted by Gasteiger charge is 2.32. The highest BCUT2D eigenvalue weighted by atomic mass is 16.7. The van der Waals surface area contributed by atoms with Crippen molar-refractivity contribution in [3.8, 4) is 0 Å². The second kappa shape index (κ2) is 76.1. The molecule has 8 saturated heterocycles. The van der Waals surface area contributed by atoms with E-state index in [0.29, 0.717) is 301 Å². The standard InChI is InChI=1S/C83H157B8N21O28/c113-72(6-1-2-20-84-125-56-57-126-84)8-38-107(40-12-76(117)94-26-30-103-88-133-64-65-134-88)50-34-98-80(121)16-46-111(47-17-81(122)99-35-51-108(39-9-73(114)7-3-25-102-87-131-62-63-132-87)41-13-77(118)95-27-31-104-89-135-66-67-136-89)54-55-112(48-18-82(123)100-36-52-109(42-10-74(115)92-23-4-21-85-127-58-59-128-85)44-14-78(119)96-28-32-105-90-137-68-69-138-90)49-19-83(124)101-37-53-110(43-11-75(116)93-24-5-22-86-129-60-61-130-86)45-15-79(120)97-29-33-106-91-139-70-71-140-91/h102-106H,1-71H2,(H,92,115)(H,93,116)(H,94,117)(H,95,118)(H,96,119)(H,97,120)(H,98,121)(H,99,122)(H,100,123)(H,101,124). The Hall–Kier alpha value is -6.52. The minimum atomic E-state index is -0.542. The number of amides is 10. The normalized spacial score (nSPS) is 16.1. The van der Waals surface area contributed by atoms with Gasteiger partial charge in [0.25, 0.3) is 0 Å². The van der Waals surface area contributed by atoms with Crippen LogP contribution in [0.4, 0.5) is 0 Å². The lowest BCUT2D eigenvalue weighted by molar-refractivity contribution is -0.123. The molecule has 0 radical (unpaired) electrons. The maximum absolute atomic E-state index is 14.2. The van der Waals surface area contributed by atoms with Gasteiger partial charge in [0.1, 0.15) is 11.6 Å². The molecule has 15 N–H and O–H groups in total. The Labute approximate surface area is 827 Å². The smallest absolute Gasteiger partial charge is 0.409 e. The molecule has 0 aliphatic carbocycles. The molecule has 0 aromatic heterocycles. The summed E-state index contributed by atoms with van der Waals surface area (Å²) < 4.78 is 87.9. The molecule has 57 heteroatoms. The van der Waals surface area contributed by atoms with Gasteiger partial charge in [-0.1, -0.05) is 6.42 Å². The molecule has 8 fully saturated rings. The van der Waals surface area contributed by atoms with Gasteiger partial charge in [-0.15, -0.1) is 0 Å². The Kier molecular flexibility index (Phi) is 64.5. The number of carbonyl (C=O) groups excluding carboxylic acids is 12. The van der Waals surface area contributed by atoms with E-state index in [9.17, 15) is 57.5 Å². The summed E-state index contributed by atoms with van der Waals surface area (Å²) in [6.45, 7) is 17.8. The maximum Gasteiger partial charge on any atom is 0.554 e. The topological polar surface area (TPSA) is 552 Å². The molecule has 0 bridgehead atoms. The van der Waals surface area contributed by atoms with Crippen LogP contribution in [0.1, 0.15) is 122 Å². The fraction of sp³-hybridized carbons (Fsp3) is 0.855. The number of Topliss-reactive ketones (excluding diaryl/α,β-unsaturated/α-hetero) is 2. The minimum Gasteiger partial charge on any atom is -0.409 e. The zero-order valence-electron chi connectivity index (χ0n) is 82.4. The van der Waals surface area contributed by atoms with E-state index in [1.165, 1.54) is 0 Å². The summed E-state index contributed by atoms with van der Waals surface area (Å²) in [7, 11) is -3.51. The highest BCUT2D eigenvalue weighted by molar-refractivity contribution is 6.46. The quantitative estimate of drug-likeness (QED) is 0.0199. The van der Waals surface area contributed by atoms with E-state index in [0.717, 1.165) is 6.42 Å². The van der Waals surface area contributed by atoms with Crippen LogP contribution in [0.2, 0.25) is 19.0 Å². The van der Waals surface area contributed by atoms with Crippen molar-refractivity contribution in [2.24, 2.45) is 0 Å². The third-order valence-corrected chi connectivity index (χ3v) is 23.9. The zero-order chi connectivity index (χ0) is 99.1. The summed E-state index contributed by atoms with van der Waals surface area (Å²) in [5.74, 6) is -2.28.